The Morgan fingerprint density at radius 2 is 1.94 bits per heavy atom. The van der Waals surface area contributed by atoms with Gasteiger partial charge in [-0.1, -0.05) is 6.07 Å². The quantitative estimate of drug-likeness (QED) is 0.431. The van der Waals surface area contributed by atoms with Gasteiger partial charge in [0.1, 0.15) is 11.6 Å². The number of anilines is 1. The zero-order valence-electron chi connectivity index (χ0n) is 18.0. The predicted molar refractivity (Wildman–Crippen MR) is 125 cm³/mol. The zero-order chi connectivity index (χ0) is 23.2. The van der Waals surface area contributed by atoms with Gasteiger partial charge < -0.3 is 19.9 Å². The van der Waals surface area contributed by atoms with Gasteiger partial charge in [-0.25, -0.2) is 9.18 Å². The lowest BCUT2D eigenvalue weighted by molar-refractivity contribution is 0.206. The van der Waals surface area contributed by atoms with Crippen LogP contribution < -0.4 is 15.6 Å². The predicted octanol–water partition coefficient (Wildman–Crippen LogP) is 4.70. The van der Waals surface area contributed by atoms with E-state index >= 15 is 0 Å². The number of nitrogens with zero attached hydrogens (tertiary/aromatic N) is 2. The molecule has 4 rings (SSSR count). The van der Waals surface area contributed by atoms with Crippen LogP contribution in [0, 0.1) is 5.82 Å². The van der Waals surface area contributed by atoms with Crippen LogP contribution in [0.15, 0.2) is 77.9 Å². The SMILES string of the molecule is CCOc1ccc2[nH]c(=O)c(CN(Cc3cccnc3)C(=O)Nc3ccc(F)cc3)cc2c1. The molecule has 33 heavy (non-hydrogen) atoms. The molecule has 8 heteroatoms. The van der Waals surface area contributed by atoms with Gasteiger partial charge in [-0.15, -0.1) is 0 Å². The van der Waals surface area contributed by atoms with Crippen LogP contribution in [0.1, 0.15) is 18.1 Å². The number of benzene rings is 2. The molecule has 2 aromatic carbocycles. The van der Waals surface area contributed by atoms with Crippen LogP contribution in [0.3, 0.4) is 0 Å². The lowest BCUT2D eigenvalue weighted by Gasteiger charge is -2.23. The summed E-state index contributed by atoms with van der Waals surface area (Å²) in [6.07, 6.45) is 3.31. The first kappa shape index (κ1) is 22.0. The highest BCUT2D eigenvalue weighted by Gasteiger charge is 2.17. The Balaban J connectivity index is 1.64. The number of nitrogens with one attached hydrogen (secondary N) is 2. The molecular weight excluding hydrogens is 423 g/mol. The molecule has 0 atom stereocenters. The van der Waals surface area contributed by atoms with E-state index < -0.39 is 11.8 Å². The van der Waals surface area contributed by atoms with Gasteiger partial charge in [0.05, 0.1) is 13.2 Å². The maximum Gasteiger partial charge on any atom is 0.322 e. The molecule has 0 saturated carbocycles. The number of amides is 2. The summed E-state index contributed by atoms with van der Waals surface area (Å²) in [5, 5.41) is 3.56. The number of carbonyl (C=O) groups is 1. The Kier molecular flexibility index (Phi) is 6.64. The number of carbonyl (C=O) groups excluding carboxylic acids is 1. The summed E-state index contributed by atoms with van der Waals surface area (Å²) in [5.74, 6) is 0.304. The summed E-state index contributed by atoms with van der Waals surface area (Å²) in [4.78, 5) is 34.3. The highest BCUT2D eigenvalue weighted by atomic mass is 19.1. The maximum absolute atomic E-state index is 13.2. The fraction of sp³-hybridized carbons (Fsp3) is 0.160. The minimum absolute atomic E-state index is 0.0616. The Morgan fingerprint density at radius 1 is 1.12 bits per heavy atom. The van der Waals surface area contributed by atoms with E-state index in [0.29, 0.717) is 29.1 Å². The fourth-order valence-electron chi connectivity index (χ4n) is 3.46. The van der Waals surface area contributed by atoms with Crippen LogP contribution in [-0.2, 0) is 13.1 Å². The van der Waals surface area contributed by atoms with Crippen LogP contribution >= 0.6 is 0 Å². The number of H-pyrrole nitrogens is 1. The second-order valence-corrected chi connectivity index (χ2v) is 7.46. The van der Waals surface area contributed by atoms with Gasteiger partial charge in [0.25, 0.3) is 5.56 Å². The number of pyridine rings is 2. The zero-order valence-corrected chi connectivity index (χ0v) is 18.0. The van der Waals surface area contributed by atoms with Crippen molar-refractivity contribution in [2.24, 2.45) is 0 Å². The van der Waals surface area contributed by atoms with Gasteiger partial charge in [-0.05, 0) is 67.1 Å². The molecule has 2 amide bonds. The Labute approximate surface area is 189 Å². The highest BCUT2D eigenvalue weighted by molar-refractivity contribution is 5.89. The van der Waals surface area contributed by atoms with Crippen molar-refractivity contribution < 1.29 is 13.9 Å². The molecule has 0 aliphatic heterocycles. The molecule has 7 nitrogen and oxygen atoms in total. The van der Waals surface area contributed by atoms with Crippen LogP contribution in [0.2, 0.25) is 0 Å². The molecule has 2 heterocycles. The van der Waals surface area contributed by atoms with E-state index in [1.165, 1.54) is 29.2 Å². The van der Waals surface area contributed by atoms with Crippen molar-refractivity contribution in [1.82, 2.24) is 14.9 Å². The van der Waals surface area contributed by atoms with Crippen molar-refractivity contribution in [1.29, 1.82) is 0 Å². The van der Waals surface area contributed by atoms with E-state index in [9.17, 15) is 14.0 Å². The van der Waals surface area contributed by atoms with E-state index in [0.717, 1.165) is 10.9 Å². The molecule has 2 aromatic heterocycles. The molecule has 0 spiro atoms. The average Bonchev–Trinajstić information content (AvgIpc) is 2.81. The van der Waals surface area contributed by atoms with E-state index in [1.807, 2.05) is 19.1 Å². The molecule has 0 bridgehead atoms. The summed E-state index contributed by atoms with van der Waals surface area (Å²) in [6.45, 7) is 2.73. The first-order valence-corrected chi connectivity index (χ1v) is 10.5. The Morgan fingerprint density at radius 3 is 2.67 bits per heavy atom. The fourth-order valence-corrected chi connectivity index (χ4v) is 3.46. The number of aromatic amines is 1. The van der Waals surface area contributed by atoms with E-state index in [2.05, 4.69) is 15.3 Å². The van der Waals surface area contributed by atoms with Crippen LogP contribution in [0.25, 0.3) is 10.9 Å². The summed E-state index contributed by atoms with van der Waals surface area (Å²) in [7, 11) is 0. The topological polar surface area (TPSA) is 87.3 Å². The molecule has 0 radical (unpaired) electrons. The molecular formula is C25H23FN4O3. The van der Waals surface area contributed by atoms with E-state index in [1.54, 1.807) is 36.7 Å². The van der Waals surface area contributed by atoms with Gasteiger partial charge in [0.2, 0.25) is 0 Å². The van der Waals surface area contributed by atoms with Gasteiger partial charge in [0.15, 0.2) is 0 Å². The standard InChI is InChI=1S/C25H23FN4O3/c1-2-33-22-9-10-23-18(13-22)12-19(24(31)29-23)16-30(15-17-4-3-11-27-14-17)25(32)28-21-7-5-20(26)6-8-21/h3-14H,2,15-16H2,1H3,(H,28,32)(H,29,31). The van der Waals surface area contributed by atoms with Crippen molar-refractivity contribution in [3.05, 3.63) is 100 Å². The van der Waals surface area contributed by atoms with Gasteiger partial charge in [0, 0.05) is 41.1 Å². The lowest BCUT2D eigenvalue weighted by atomic mass is 10.1. The normalized spacial score (nSPS) is 10.7. The van der Waals surface area contributed by atoms with Gasteiger partial charge in [-0.2, -0.15) is 0 Å². The molecule has 0 aliphatic carbocycles. The minimum Gasteiger partial charge on any atom is -0.494 e. The summed E-state index contributed by atoms with van der Waals surface area (Å²) in [6, 6.07) is 15.9. The smallest absolute Gasteiger partial charge is 0.322 e. The Bertz CT molecular complexity index is 1310. The number of fused-ring (bicyclic) bond motifs is 1. The average molecular weight is 446 g/mol. The first-order chi connectivity index (χ1) is 16.0. The summed E-state index contributed by atoms with van der Waals surface area (Å²) >= 11 is 0. The third-order valence-corrected chi connectivity index (χ3v) is 5.04. The number of aromatic nitrogens is 2. The van der Waals surface area contributed by atoms with E-state index in [-0.39, 0.29) is 18.6 Å². The minimum atomic E-state index is -0.423. The highest BCUT2D eigenvalue weighted by Crippen LogP contribution is 2.20. The number of hydrogen-bond donors (Lipinski definition) is 2. The Hall–Kier alpha value is -4.20. The second kappa shape index (κ2) is 9.95. The molecule has 0 aliphatic rings. The molecule has 168 valence electrons. The third-order valence-electron chi connectivity index (χ3n) is 5.04. The third kappa shape index (κ3) is 5.54. The van der Waals surface area contributed by atoms with Crippen molar-refractivity contribution in [3.8, 4) is 5.75 Å². The van der Waals surface area contributed by atoms with E-state index in [4.69, 9.17) is 4.74 Å². The molecule has 2 N–H and O–H groups in total. The number of rotatable bonds is 7. The maximum atomic E-state index is 13.2. The molecule has 4 aromatic rings. The van der Waals surface area contributed by atoms with Crippen LogP contribution in [0.4, 0.5) is 14.9 Å². The molecule has 0 saturated heterocycles. The van der Waals surface area contributed by atoms with Crippen LogP contribution in [0.5, 0.6) is 5.75 Å². The first-order valence-electron chi connectivity index (χ1n) is 10.5. The molecule has 0 fully saturated rings. The second-order valence-electron chi connectivity index (χ2n) is 7.46. The van der Waals surface area contributed by atoms with Crippen molar-refractivity contribution in [3.63, 3.8) is 0 Å². The number of ether oxygens (including phenoxy) is 1. The summed E-state index contributed by atoms with van der Waals surface area (Å²) < 4.78 is 18.8. The van der Waals surface area contributed by atoms with Gasteiger partial charge >= 0.3 is 6.03 Å². The number of urea groups is 1. The van der Waals surface area contributed by atoms with Gasteiger partial charge in [-0.3, -0.25) is 9.78 Å². The lowest BCUT2D eigenvalue weighted by Crippen LogP contribution is -2.35. The number of hydrogen-bond acceptors (Lipinski definition) is 4. The number of halogens is 1. The largest absolute Gasteiger partial charge is 0.494 e. The summed E-state index contributed by atoms with van der Waals surface area (Å²) in [5.41, 5.74) is 2.09. The molecule has 0 unspecified atom stereocenters. The van der Waals surface area contributed by atoms with Crippen molar-refractivity contribution in [2.75, 3.05) is 11.9 Å². The van der Waals surface area contributed by atoms with Crippen molar-refractivity contribution in [2.45, 2.75) is 20.0 Å². The van der Waals surface area contributed by atoms with Crippen molar-refractivity contribution >= 4 is 22.6 Å². The van der Waals surface area contributed by atoms with Crippen LogP contribution in [-0.4, -0.2) is 27.5 Å². The monoisotopic (exact) mass is 446 g/mol.